The van der Waals surface area contributed by atoms with Crippen molar-refractivity contribution in [2.45, 2.75) is 18.6 Å². The fraction of sp³-hybridized carbons (Fsp3) is 0.167. The molecule has 1 amide bonds. The third-order valence-corrected chi connectivity index (χ3v) is 6.06. The van der Waals surface area contributed by atoms with Crippen LogP contribution in [-0.2, 0) is 11.2 Å². The summed E-state index contributed by atoms with van der Waals surface area (Å²) in [7, 11) is 0. The smallest absolute Gasteiger partial charge is 0.277 e. The highest BCUT2D eigenvalue weighted by molar-refractivity contribution is 7.99. The van der Waals surface area contributed by atoms with Crippen molar-refractivity contribution < 1.29 is 13.6 Å². The number of carbonyl (C=O) groups is 1. The van der Waals surface area contributed by atoms with E-state index in [1.807, 2.05) is 12.3 Å². The van der Waals surface area contributed by atoms with Gasteiger partial charge in [0, 0.05) is 16.3 Å². The molecule has 3 heterocycles. The Kier molecular flexibility index (Phi) is 5.97. The Morgan fingerprint density at radius 1 is 1.17 bits per heavy atom. The third-order valence-electron chi connectivity index (χ3n) is 3.66. The van der Waals surface area contributed by atoms with Gasteiger partial charge < -0.3 is 9.73 Å². The first kappa shape index (κ1) is 19.7. The highest BCUT2D eigenvalue weighted by Crippen LogP contribution is 2.25. The van der Waals surface area contributed by atoms with E-state index in [0.29, 0.717) is 28.4 Å². The fourth-order valence-corrected chi connectivity index (χ4v) is 4.31. The molecule has 0 aliphatic carbocycles. The number of carbonyl (C=O) groups excluding carboxylic acids is 1. The Morgan fingerprint density at radius 2 is 2.00 bits per heavy atom. The summed E-state index contributed by atoms with van der Waals surface area (Å²) in [6.07, 6.45) is 0.468. The van der Waals surface area contributed by atoms with E-state index < -0.39 is 0 Å². The molecule has 0 fully saturated rings. The molecular formula is C18H14FN5O2S3. The Labute approximate surface area is 177 Å². The van der Waals surface area contributed by atoms with Crippen LogP contribution in [0, 0.1) is 12.7 Å². The van der Waals surface area contributed by atoms with Gasteiger partial charge in [0.1, 0.15) is 5.82 Å². The number of halogens is 1. The molecule has 0 aliphatic rings. The molecule has 1 aromatic carbocycles. The fourth-order valence-electron chi connectivity index (χ4n) is 2.38. The minimum Gasteiger partial charge on any atom is -0.416 e. The van der Waals surface area contributed by atoms with E-state index in [4.69, 9.17) is 4.42 Å². The van der Waals surface area contributed by atoms with Crippen molar-refractivity contribution in [2.24, 2.45) is 0 Å². The van der Waals surface area contributed by atoms with Crippen LogP contribution in [0.15, 0.2) is 44.7 Å². The molecule has 1 N–H and O–H groups in total. The van der Waals surface area contributed by atoms with Crippen molar-refractivity contribution >= 4 is 45.5 Å². The van der Waals surface area contributed by atoms with Crippen molar-refractivity contribution in [3.05, 3.63) is 57.4 Å². The lowest BCUT2D eigenvalue weighted by atomic mass is 10.2. The minimum atomic E-state index is -0.305. The number of rotatable bonds is 7. The van der Waals surface area contributed by atoms with Crippen molar-refractivity contribution in [1.82, 2.24) is 20.2 Å². The maximum Gasteiger partial charge on any atom is 0.277 e. The predicted molar refractivity (Wildman–Crippen MR) is 111 cm³/mol. The monoisotopic (exact) mass is 447 g/mol. The molecule has 0 spiro atoms. The normalized spacial score (nSPS) is 11.0. The molecule has 29 heavy (non-hydrogen) atoms. The van der Waals surface area contributed by atoms with Crippen LogP contribution in [0.1, 0.15) is 16.6 Å². The largest absolute Gasteiger partial charge is 0.416 e. The minimum absolute atomic E-state index is 0.114. The zero-order valence-electron chi connectivity index (χ0n) is 15.1. The summed E-state index contributed by atoms with van der Waals surface area (Å²) >= 11 is 4.02. The molecule has 11 heteroatoms. The first-order valence-electron chi connectivity index (χ1n) is 8.42. The highest BCUT2D eigenvalue weighted by atomic mass is 32.2. The van der Waals surface area contributed by atoms with E-state index in [-0.39, 0.29) is 17.5 Å². The van der Waals surface area contributed by atoms with Crippen LogP contribution in [0.5, 0.6) is 0 Å². The van der Waals surface area contributed by atoms with Crippen LogP contribution >= 0.6 is 34.4 Å². The summed E-state index contributed by atoms with van der Waals surface area (Å²) in [6, 6.07) is 6.04. The molecule has 4 rings (SSSR count). The van der Waals surface area contributed by atoms with Crippen molar-refractivity contribution in [3.8, 4) is 11.3 Å². The number of nitrogens with zero attached hydrogens (tertiary/aromatic N) is 4. The van der Waals surface area contributed by atoms with Gasteiger partial charge in [0.2, 0.25) is 11.8 Å². The van der Waals surface area contributed by atoms with E-state index in [1.165, 1.54) is 23.5 Å². The van der Waals surface area contributed by atoms with Gasteiger partial charge in [-0.2, -0.15) is 0 Å². The molecule has 0 atom stereocenters. The second kappa shape index (κ2) is 8.80. The van der Waals surface area contributed by atoms with Gasteiger partial charge in [0.25, 0.3) is 5.22 Å². The van der Waals surface area contributed by atoms with E-state index in [0.717, 1.165) is 28.0 Å². The average molecular weight is 448 g/mol. The summed E-state index contributed by atoms with van der Waals surface area (Å²) in [5, 5.41) is 16.2. The highest BCUT2D eigenvalue weighted by Gasteiger charge is 2.13. The molecule has 0 radical (unpaired) electrons. The van der Waals surface area contributed by atoms with Gasteiger partial charge in [-0.1, -0.05) is 11.8 Å². The molecular weight excluding hydrogens is 433 g/mol. The quantitative estimate of drug-likeness (QED) is 0.419. The number of amides is 1. The Morgan fingerprint density at radius 3 is 2.76 bits per heavy atom. The van der Waals surface area contributed by atoms with Gasteiger partial charge >= 0.3 is 0 Å². The summed E-state index contributed by atoms with van der Waals surface area (Å²) in [5.41, 5.74) is 2.34. The molecule has 0 saturated heterocycles. The molecule has 0 saturated carbocycles. The number of aryl methyl sites for hydroxylation is 1. The second-order valence-corrected chi connectivity index (χ2v) is 8.72. The molecule has 148 valence electrons. The Bertz CT molecular complexity index is 1120. The van der Waals surface area contributed by atoms with Gasteiger partial charge in [0.15, 0.2) is 5.13 Å². The van der Waals surface area contributed by atoms with Crippen molar-refractivity contribution in [1.29, 1.82) is 0 Å². The topological polar surface area (TPSA) is 93.8 Å². The zero-order chi connectivity index (χ0) is 20.2. The molecule has 0 bridgehead atoms. The molecule has 3 aromatic heterocycles. The number of aromatic nitrogens is 4. The molecule has 7 nitrogen and oxygen atoms in total. The number of thioether (sulfide) groups is 1. The lowest BCUT2D eigenvalue weighted by Gasteiger charge is -1.99. The maximum absolute atomic E-state index is 13.0. The van der Waals surface area contributed by atoms with Crippen LogP contribution in [0.25, 0.3) is 11.3 Å². The van der Waals surface area contributed by atoms with E-state index in [2.05, 4.69) is 25.5 Å². The number of thiazole rings is 2. The predicted octanol–water partition coefficient (Wildman–Crippen LogP) is 4.42. The SMILES string of the molecule is Cc1nc(Cc2nnc(SCC(=O)Nc3nc(-c4ccc(F)cc4)cs3)o2)cs1. The van der Waals surface area contributed by atoms with Crippen LogP contribution in [0.4, 0.5) is 9.52 Å². The van der Waals surface area contributed by atoms with Crippen LogP contribution in [0.3, 0.4) is 0 Å². The lowest BCUT2D eigenvalue weighted by molar-refractivity contribution is -0.113. The molecule has 0 unspecified atom stereocenters. The third kappa shape index (κ3) is 5.25. The van der Waals surface area contributed by atoms with Crippen LogP contribution in [-0.4, -0.2) is 31.8 Å². The van der Waals surface area contributed by atoms with Crippen LogP contribution in [0.2, 0.25) is 0 Å². The summed E-state index contributed by atoms with van der Waals surface area (Å²) in [4.78, 5) is 20.9. The first-order valence-corrected chi connectivity index (χ1v) is 11.2. The summed E-state index contributed by atoms with van der Waals surface area (Å²) in [6.45, 7) is 1.94. The Balaban J connectivity index is 1.29. The summed E-state index contributed by atoms with van der Waals surface area (Å²) in [5.74, 6) is 0.0375. The van der Waals surface area contributed by atoms with E-state index in [9.17, 15) is 9.18 Å². The molecule has 4 aromatic rings. The second-order valence-electron chi connectivity index (χ2n) is 5.88. The lowest BCUT2D eigenvalue weighted by Crippen LogP contribution is -2.13. The summed E-state index contributed by atoms with van der Waals surface area (Å²) < 4.78 is 18.6. The number of hydrogen-bond acceptors (Lipinski definition) is 9. The first-order chi connectivity index (χ1) is 14.0. The van der Waals surface area contributed by atoms with Gasteiger partial charge in [-0.05, 0) is 31.2 Å². The van der Waals surface area contributed by atoms with Gasteiger partial charge in [0.05, 0.1) is 28.6 Å². The maximum atomic E-state index is 13.0. The van der Waals surface area contributed by atoms with Gasteiger partial charge in [-0.3, -0.25) is 4.79 Å². The zero-order valence-corrected chi connectivity index (χ0v) is 17.5. The van der Waals surface area contributed by atoms with Crippen LogP contribution < -0.4 is 5.32 Å². The molecule has 0 aliphatic heterocycles. The van der Waals surface area contributed by atoms with Gasteiger partial charge in [-0.15, -0.1) is 32.9 Å². The number of hydrogen-bond donors (Lipinski definition) is 1. The Hall–Kier alpha value is -2.63. The van der Waals surface area contributed by atoms with Crippen molar-refractivity contribution in [3.63, 3.8) is 0 Å². The van der Waals surface area contributed by atoms with Crippen molar-refractivity contribution in [2.75, 3.05) is 11.1 Å². The average Bonchev–Trinajstić information content (AvgIpc) is 3.43. The van der Waals surface area contributed by atoms with E-state index >= 15 is 0 Å². The number of nitrogens with one attached hydrogen (secondary N) is 1. The van der Waals surface area contributed by atoms with Gasteiger partial charge in [-0.25, -0.2) is 14.4 Å². The number of anilines is 1. The van der Waals surface area contributed by atoms with E-state index in [1.54, 1.807) is 28.8 Å². The number of benzene rings is 1. The standard InChI is InChI=1S/C18H14FN5O2S3/c1-10-20-13(7-27-10)6-16-23-24-18(26-16)29-9-15(25)22-17-21-14(8-28-17)11-2-4-12(19)5-3-11/h2-5,7-8H,6,9H2,1H3,(H,21,22,25).